The van der Waals surface area contributed by atoms with Crippen LogP contribution < -0.4 is 14.9 Å². The number of fused-ring (bicyclic) bond motifs is 1. The minimum absolute atomic E-state index is 0.104. The SMILES string of the molecule is COc1cc(C=NNC(=O)c2cc(-c3ccccc3C)nc3ccccc23)cc(OC)c1O. The standard InChI is InChI=1S/C26H23N3O4/c1-16-8-4-5-9-18(16)22-14-20(19-10-6-7-11-21(19)28-22)26(31)29-27-15-17-12-23(32-2)25(30)24(13-17)33-3/h4-15,30H,1-3H3,(H,29,31). The lowest BCUT2D eigenvalue weighted by Gasteiger charge is -2.11. The number of carbonyl (C=O) groups is 1. The number of hydrazone groups is 1. The van der Waals surface area contributed by atoms with Gasteiger partial charge in [0, 0.05) is 16.5 Å². The minimum Gasteiger partial charge on any atom is -0.502 e. The highest BCUT2D eigenvalue weighted by Crippen LogP contribution is 2.36. The van der Waals surface area contributed by atoms with Gasteiger partial charge in [0.2, 0.25) is 5.75 Å². The zero-order chi connectivity index (χ0) is 23.4. The molecule has 0 radical (unpaired) electrons. The molecule has 7 nitrogen and oxygen atoms in total. The lowest BCUT2D eigenvalue weighted by atomic mass is 10.0. The van der Waals surface area contributed by atoms with Crippen LogP contribution in [0, 0.1) is 6.92 Å². The van der Waals surface area contributed by atoms with E-state index in [2.05, 4.69) is 10.5 Å². The number of amides is 1. The number of carbonyl (C=O) groups excluding carboxylic acids is 1. The summed E-state index contributed by atoms with van der Waals surface area (Å²) in [5, 5.41) is 14.9. The van der Waals surface area contributed by atoms with Crippen molar-refractivity contribution in [2.24, 2.45) is 5.10 Å². The summed E-state index contributed by atoms with van der Waals surface area (Å²) in [6.07, 6.45) is 1.45. The predicted octanol–water partition coefficient (Wildman–Crippen LogP) is 4.70. The molecular weight excluding hydrogens is 418 g/mol. The number of para-hydroxylation sites is 1. The Morgan fingerprint density at radius 2 is 1.67 bits per heavy atom. The van der Waals surface area contributed by atoms with Crippen LogP contribution in [0.25, 0.3) is 22.2 Å². The number of hydrogen-bond acceptors (Lipinski definition) is 6. The molecule has 1 aromatic heterocycles. The summed E-state index contributed by atoms with van der Waals surface area (Å²) < 4.78 is 10.3. The van der Waals surface area contributed by atoms with Gasteiger partial charge >= 0.3 is 0 Å². The van der Waals surface area contributed by atoms with Gasteiger partial charge in [-0.05, 0) is 36.8 Å². The van der Waals surface area contributed by atoms with Gasteiger partial charge in [-0.3, -0.25) is 4.79 Å². The second-order valence-electron chi connectivity index (χ2n) is 7.36. The molecule has 0 unspecified atom stereocenters. The van der Waals surface area contributed by atoms with E-state index in [1.807, 2.05) is 55.5 Å². The molecular formula is C26H23N3O4. The maximum Gasteiger partial charge on any atom is 0.272 e. The third-order valence-corrected chi connectivity index (χ3v) is 5.26. The first kappa shape index (κ1) is 21.8. The summed E-state index contributed by atoms with van der Waals surface area (Å²) in [6.45, 7) is 2.01. The number of phenolic OH excluding ortho intramolecular Hbond substituents is 1. The highest BCUT2D eigenvalue weighted by Gasteiger charge is 2.15. The molecule has 0 fully saturated rings. The summed E-state index contributed by atoms with van der Waals surface area (Å²) in [6, 6.07) is 20.4. The quantitative estimate of drug-likeness (QED) is 0.334. The van der Waals surface area contributed by atoms with E-state index in [4.69, 9.17) is 14.5 Å². The van der Waals surface area contributed by atoms with Crippen molar-refractivity contribution in [3.63, 3.8) is 0 Å². The van der Waals surface area contributed by atoms with Gasteiger partial charge in [-0.15, -0.1) is 0 Å². The van der Waals surface area contributed by atoms with Crippen molar-refractivity contribution in [1.29, 1.82) is 0 Å². The van der Waals surface area contributed by atoms with Crippen LogP contribution in [0.3, 0.4) is 0 Å². The molecule has 33 heavy (non-hydrogen) atoms. The van der Waals surface area contributed by atoms with E-state index in [-0.39, 0.29) is 23.2 Å². The molecule has 0 aliphatic carbocycles. The molecule has 0 spiro atoms. The zero-order valence-electron chi connectivity index (χ0n) is 18.5. The number of hydrogen-bond donors (Lipinski definition) is 2. The number of methoxy groups -OCH3 is 2. The normalized spacial score (nSPS) is 11.0. The molecule has 0 saturated carbocycles. The van der Waals surface area contributed by atoms with E-state index >= 15 is 0 Å². The molecule has 0 bridgehead atoms. The van der Waals surface area contributed by atoms with Gasteiger partial charge in [0.1, 0.15) is 0 Å². The summed E-state index contributed by atoms with van der Waals surface area (Å²) in [5.74, 6) is 0.0147. The Labute approximate surface area is 191 Å². The Morgan fingerprint density at radius 1 is 1.00 bits per heavy atom. The molecule has 1 amide bonds. The molecule has 0 aliphatic heterocycles. The molecule has 3 aromatic carbocycles. The number of nitrogens with zero attached hydrogens (tertiary/aromatic N) is 2. The van der Waals surface area contributed by atoms with Crippen molar-refractivity contribution in [1.82, 2.24) is 10.4 Å². The average Bonchev–Trinajstić information content (AvgIpc) is 2.84. The van der Waals surface area contributed by atoms with Crippen molar-refractivity contribution < 1.29 is 19.4 Å². The van der Waals surface area contributed by atoms with Gasteiger partial charge in [-0.1, -0.05) is 42.5 Å². The molecule has 0 atom stereocenters. The second-order valence-corrected chi connectivity index (χ2v) is 7.36. The number of ether oxygens (including phenoxy) is 2. The van der Waals surface area contributed by atoms with Crippen molar-refractivity contribution in [3.8, 4) is 28.5 Å². The van der Waals surface area contributed by atoms with Gasteiger partial charge < -0.3 is 14.6 Å². The van der Waals surface area contributed by atoms with E-state index in [1.54, 1.807) is 18.2 Å². The Hall–Kier alpha value is -4.39. The number of aryl methyl sites for hydroxylation is 1. The van der Waals surface area contributed by atoms with Crippen LogP contribution in [0.5, 0.6) is 17.2 Å². The van der Waals surface area contributed by atoms with E-state index in [0.29, 0.717) is 16.8 Å². The number of rotatable bonds is 6. The summed E-state index contributed by atoms with van der Waals surface area (Å²) >= 11 is 0. The maximum absolute atomic E-state index is 13.1. The van der Waals surface area contributed by atoms with Crippen molar-refractivity contribution in [2.75, 3.05) is 14.2 Å². The lowest BCUT2D eigenvalue weighted by Crippen LogP contribution is -2.18. The van der Waals surface area contributed by atoms with E-state index in [9.17, 15) is 9.90 Å². The molecule has 0 aliphatic rings. The summed E-state index contributed by atoms with van der Waals surface area (Å²) in [5.41, 5.74) is 7.11. The second kappa shape index (κ2) is 9.40. The van der Waals surface area contributed by atoms with Gasteiger partial charge in [0.05, 0.1) is 37.2 Å². The summed E-state index contributed by atoms with van der Waals surface area (Å²) in [4.78, 5) is 17.8. The predicted molar refractivity (Wildman–Crippen MR) is 128 cm³/mol. The van der Waals surface area contributed by atoms with E-state index < -0.39 is 0 Å². The Kier molecular flexibility index (Phi) is 6.22. The Balaban J connectivity index is 1.67. The van der Waals surface area contributed by atoms with Crippen molar-refractivity contribution in [2.45, 2.75) is 6.92 Å². The first-order chi connectivity index (χ1) is 16.0. The molecule has 4 rings (SSSR count). The third kappa shape index (κ3) is 4.48. The third-order valence-electron chi connectivity index (χ3n) is 5.26. The first-order valence-electron chi connectivity index (χ1n) is 10.3. The number of phenols is 1. The minimum atomic E-state index is -0.364. The number of nitrogens with one attached hydrogen (secondary N) is 1. The van der Waals surface area contributed by atoms with Crippen molar-refractivity contribution in [3.05, 3.63) is 83.4 Å². The van der Waals surface area contributed by atoms with Crippen LogP contribution >= 0.6 is 0 Å². The number of aromatic nitrogens is 1. The fraction of sp³-hybridized carbons (Fsp3) is 0.115. The van der Waals surface area contributed by atoms with Crippen LogP contribution in [-0.4, -0.2) is 36.4 Å². The topological polar surface area (TPSA) is 93.0 Å². The van der Waals surface area contributed by atoms with Gasteiger partial charge in [0.15, 0.2) is 11.5 Å². The van der Waals surface area contributed by atoms with Gasteiger partial charge in [-0.2, -0.15) is 5.10 Å². The van der Waals surface area contributed by atoms with E-state index in [0.717, 1.165) is 22.0 Å². The monoisotopic (exact) mass is 441 g/mol. The highest BCUT2D eigenvalue weighted by molar-refractivity contribution is 6.07. The Morgan fingerprint density at radius 3 is 2.36 bits per heavy atom. The number of benzene rings is 3. The maximum atomic E-state index is 13.1. The molecule has 1 heterocycles. The zero-order valence-corrected chi connectivity index (χ0v) is 18.5. The largest absolute Gasteiger partial charge is 0.502 e. The number of pyridine rings is 1. The lowest BCUT2D eigenvalue weighted by molar-refractivity contribution is 0.0956. The summed E-state index contributed by atoms with van der Waals surface area (Å²) in [7, 11) is 2.88. The number of aromatic hydroxyl groups is 1. The Bertz CT molecular complexity index is 1340. The van der Waals surface area contributed by atoms with Crippen LogP contribution in [0.15, 0.2) is 71.8 Å². The van der Waals surface area contributed by atoms with Crippen LogP contribution in [0.2, 0.25) is 0 Å². The smallest absolute Gasteiger partial charge is 0.272 e. The molecule has 0 saturated heterocycles. The highest BCUT2D eigenvalue weighted by atomic mass is 16.5. The molecule has 7 heteroatoms. The van der Waals surface area contributed by atoms with Crippen LogP contribution in [0.1, 0.15) is 21.5 Å². The molecule has 2 N–H and O–H groups in total. The van der Waals surface area contributed by atoms with Crippen LogP contribution in [-0.2, 0) is 0 Å². The van der Waals surface area contributed by atoms with Crippen molar-refractivity contribution >= 4 is 23.0 Å². The fourth-order valence-electron chi connectivity index (χ4n) is 3.58. The molecule has 4 aromatic rings. The average molecular weight is 441 g/mol. The van der Waals surface area contributed by atoms with E-state index in [1.165, 1.54) is 20.4 Å². The fourth-order valence-corrected chi connectivity index (χ4v) is 3.58. The van der Waals surface area contributed by atoms with Gasteiger partial charge in [0.25, 0.3) is 5.91 Å². The van der Waals surface area contributed by atoms with Gasteiger partial charge in [-0.25, -0.2) is 10.4 Å². The molecule has 166 valence electrons. The van der Waals surface area contributed by atoms with Crippen LogP contribution in [0.4, 0.5) is 0 Å². The first-order valence-corrected chi connectivity index (χ1v) is 10.3.